The van der Waals surface area contributed by atoms with Crippen molar-refractivity contribution in [2.45, 2.75) is 32.2 Å². The Labute approximate surface area is 128 Å². The highest BCUT2D eigenvalue weighted by Crippen LogP contribution is 2.16. The maximum Gasteiger partial charge on any atom is 0.220 e. The lowest BCUT2D eigenvalue weighted by Gasteiger charge is -2.32. The number of benzene rings is 1. The van der Waals surface area contributed by atoms with E-state index in [2.05, 4.69) is 40.0 Å². The SMILES string of the molecule is CN(C)C(C)(C)CNC(=O)CCc1ccc(Br)cc1F. The highest BCUT2D eigenvalue weighted by atomic mass is 79.9. The summed E-state index contributed by atoms with van der Waals surface area (Å²) in [6.45, 7) is 4.69. The smallest absolute Gasteiger partial charge is 0.220 e. The molecule has 0 aliphatic carbocycles. The van der Waals surface area contributed by atoms with E-state index < -0.39 is 0 Å². The van der Waals surface area contributed by atoms with Gasteiger partial charge in [0, 0.05) is 23.0 Å². The number of hydrogen-bond acceptors (Lipinski definition) is 2. The first-order valence-corrected chi connectivity index (χ1v) is 7.40. The van der Waals surface area contributed by atoms with E-state index in [-0.39, 0.29) is 17.3 Å². The van der Waals surface area contributed by atoms with Crippen LogP contribution in [-0.2, 0) is 11.2 Å². The lowest BCUT2D eigenvalue weighted by Crippen LogP contribution is -2.48. The molecule has 0 aromatic heterocycles. The first kappa shape index (κ1) is 17.1. The summed E-state index contributed by atoms with van der Waals surface area (Å²) in [5.74, 6) is -0.331. The summed E-state index contributed by atoms with van der Waals surface area (Å²) >= 11 is 3.21. The van der Waals surface area contributed by atoms with Crippen molar-refractivity contribution < 1.29 is 9.18 Å². The number of nitrogens with zero attached hydrogens (tertiary/aromatic N) is 1. The second-order valence-electron chi connectivity index (χ2n) is 5.72. The Morgan fingerprint density at radius 1 is 1.40 bits per heavy atom. The minimum absolute atomic E-state index is 0.0535. The van der Waals surface area contributed by atoms with Gasteiger partial charge in [0.15, 0.2) is 0 Å². The van der Waals surface area contributed by atoms with Crippen LogP contribution in [0.15, 0.2) is 22.7 Å². The van der Waals surface area contributed by atoms with Crippen LogP contribution in [0, 0.1) is 5.82 Å². The third-order valence-corrected chi connectivity index (χ3v) is 4.06. The summed E-state index contributed by atoms with van der Waals surface area (Å²) < 4.78 is 14.3. The molecule has 0 saturated carbocycles. The van der Waals surface area contributed by atoms with E-state index in [1.807, 2.05) is 14.1 Å². The van der Waals surface area contributed by atoms with Gasteiger partial charge in [-0.3, -0.25) is 4.79 Å². The minimum Gasteiger partial charge on any atom is -0.354 e. The largest absolute Gasteiger partial charge is 0.354 e. The quantitative estimate of drug-likeness (QED) is 0.860. The van der Waals surface area contributed by atoms with Crippen LogP contribution >= 0.6 is 15.9 Å². The average molecular weight is 345 g/mol. The first-order chi connectivity index (χ1) is 9.22. The van der Waals surface area contributed by atoms with Crippen LogP contribution in [0.4, 0.5) is 4.39 Å². The van der Waals surface area contributed by atoms with Crippen molar-refractivity contribution in [2.75, 3.05) is 20.6 Å². The van der Waals surface area contributed by atoms with Gasteiger partial charge in [-0.2, -0.15) is 0 Å². The number of rotatable bonds is 6. The van der Waals surface area contributed by atoms with Crippen molar-refractivity contribution in [3.63, 3.8) is 0 Å². The molecule has 5 heteroatoms. The van der Waals surface area contributed by atoms with Crippen LogP contribution in [0.1, 0.15) is 25.8 Å². The Morgan fingerprint density at radius 3 is 2.60 bits per heavy atom. The maximum atomic E-state index is 13.6. The maximum absolute atomic E-state index is 13.6. The van der Waals surface area contributed by atoms with Crippen molar-refractivity contribution in [3.8, 4) is 0 Å². The van der Waals surface area contributed by atoms with E-state index in [1.54, 1.807) is 12.1 Å². The molecule has 1 amide bonds. The molecular weight excluding hydrogens is 323 g/mol. The molecule has 0 aliphatic rings. The zero-order chi connectivity index (χ0) is 15.3. The second-order valence-corrected chi connectivity index (χ2v) is 6.63. The molecule has 20 heavy (non-hydrogen) atoms. The molecule has 0 bridgehead atoms. The van der Waals surface area contributed by atoms with E-state index in [4.69, 9.17) is 0 Å². The standard InChI is InChI=1S/C15H22BrFN2O/c1-15(2,19(3)4)10-18-14(20)8-6-11-5-7-12(16)9-13(11)17/h5,7,9H,6,8,10H2,1-4H3,(H,18,20). The monoisotopic (exact) mass is 344 g/mol. The van der Waals surface area contributed by atoms with Crippen LogP contribution in [0.25, 0.3) is 0 Å². The molecule has 1 N–H and O–H groups in total. The number of likely N-dealkylation sites (N-methyl/N-ethyl adjacent to an activating group) is 1. The van der Waals surface area contributed by atoms with Crippen molar-refractivity contribution in [3.05, 3.63) is 34.1 Å². The zero-order valence-electron chi connectivity index (χ0n) is 12.5. The van der Waals surface area contributed by atoms with Gasteiger partial charge in [-0.15, -0.1) is 0 Å². The number of amides is 1. The summed E-state index contributed by atoms with van der Waals surface area (Å²) in [4.78, 5) is 13.9. The number of carbonyl (C=O) groups is 1. The predicted molar refractivity (Wildman–Crippen MR) is 83.2 cm³/mol. The van der Waals surface area contributed by atoms with Gasteiger partial charge >= 0.3 is 0 Å². The van der Waals surface area contributed by atoms with Gasteiger partial charge in [0.2, 0.25) is 5.91 Å². The molecule has 1 rings (SSSR count). The fraction of sp³-hybridized carbons (Fsp3) is 0.533. The number of hydrogen-bond donors (Lipinski definition) is 1. The summed E-state index contributed by atoms with van der Waals surface area (Å²) in [7, 11) is 3.95. The molecule has 112 valence electrons. The topological polar surface area (TPSA) is 32.3 Å². The van der Waals surface area contributed by atoms with E-state index >= 15 is 0 Å². The van der Waals surface area contributed by atoms with E-state index in [0.29, 0.717) is 29.4 Å². The molecule has 1 aromatic rings. The molecule has 0 radical (unpaired) electrons. The lowest BCUT2D eigenvalue weighted by molar-refractivity contribution is -0.121. The molecule has 0 heterocycles. The Balaban J connectivity index is 2.44. The van der Waals surface area contributed by atoms with Gasteiger partial charge in [0.1, 0.15) is 5.82 Å². The Kier molecular flexibility index (Phi) is 6.14. The van der Waals surface area contributed by atoms with Gasteiger partial charge in [-0.25, -0.2) is 4.39 Å². The Bertz CT molecular complexity index is 475. The van der Waals surface area contributed by atoms with Crippen LogP contribution in [0.3, 0.4) is 0 Å². The van der Waals surface area contributed by atoms with Crippen LogP contribution in [-0.4, -0.2) is 37.0 Å². The summed E-state index contributed by atoms with van der Waals surface area (Å²) in [5, 5.41) is 2.89. The molecule has 0 saturated heterocycles. The summed E-state index contributed by atoms with van der Waals surface area (Å²) in [6.07, 6.45) is 0.704. The molecule has 0 spiro atoms. The van der Waals surface area contributed by atoms with Crippen molar-refractivity contribution in [2.24, 2.45) is 0 Å². The fourth-order valence-electron chi connectivity index (χ4n) is 1.53. The van der Waals surface area contributed by atoms with Crippen molar-refractivity contribution in [1.82, 2.24) is 10.2 Å². The molecule has 1 aromatic carbocycles. The van der Waals surface area contributed by atoms with E-state index in [9.17, 15) is 9.18 Å². The summed E-state index contributed by atoms with van der Waals surface area (Å²) in [5.41, 5.74) is 0.466. The second kappa shape index (κ2) is 7.18. The zero-order valence-corrected chi connectivity index (χ0v) is 14.1. The normalized spacial score (nSPS) is 11.8. The fourth-order valence-corrected chi connectivity index (χ4v) is 1.87. The van der Waals surface area contributed by atoms with Gasteiger partial charge in [0.05, 0.1) is 0 Å². The number of aryl methyl sites for hydroxylation is 1. The van der Waals surface area contributed by atoms with Crippen LogP contribution in [0.2, 0.25) is 0 Å². The van der Waals surface area contributed by atoms with Gasteiger partial charge < -0.3 is 10.2 Å². The van der Waals surface area contributed by atoms with E-state index in [1.165, 1.54) is 6.07 Å². The van der Waals surface area contributed by atoms with Gasteiger partial charge in [0.25, 0.3) is 0 Å². The lowest BCUT2D eigenvalue weighted by atomic mass is 10.0. The number of nitrogens with one attached hydrogen (secondary N) is 1. The van der Waals surface area contributed by atoms with Crippen molar-refractivity contribution in [1.29, 1.82) is 0 Å². The summed E-state index contributed by atoms with van der Waals surface area (Å²) in [6, 6.07) is 4.91. The van der Waals surface area contributed by atoms with Crippen LogP contribution < -0.4 is 5.32 Å². The van der Waals surface area contributed by atoms with Crippen LogP contribution in [0.5, 0.6) is 0 Å². The molecule has 0 atom stereocenters. The third kappa shape index (κ3) is 5.21. The third-order valence-electron chi connectivity index (χ3n) is 3.57. The minimum atomic E-state index is -0.277. The Hall–Kier alpha value is -0.940. The average Bonchev–Trinajstić information content (AvgIpc) is 2.35. The predicted octanol–water partition coefficient (Wildman–Crippen LogP) is 2.98. The molecule has 3 nitrogen and oxygen atoms in total. The highest BCUT2D eigenvalue weighted by Gasteiger charge is 2.20. The van der Waals surface area contributed by atoms with Crippen molar-refractivity contribution >= 4 is 21.8 Å². The molecular formula is C15H22BrFN2O. The van der Waals surface area contributed by atoms with Gasteiger partial charge in [-0.05, 0) is 52.1 Å². The highest BCUT2D eigenvalue weighted by molar-refractivity contribution is 9.10. The Morgan fingerprint density at radius 2 is 2.05 bits per heavy atom. The first-order valence-electron chi connectivity index (χ1n) is 6.60. The number of halogens is 2. The molecule has 0 unspecified atom stereocenters. The van der Waals surface area contributed by atoms with Gasteiger partial charge in [-0.1, -0.05) is 22.0 Å². The number of carbonyl (C=O) groups excluding carboxylic acids is 1. The molecule has 0 aliphatic heterocycles. The van der Waals surface area contributed by atoms with E-state index in [0.717, 1.165) is 0 Å². The molecule has 0 fully saturated rings.